The van der Waals surface area contributed by atoms with Gasteiger partial charge in [-0.05, 0) is 44.9 Å². The van der Waals surface area contributed by atoms with Gasteiger partial charge in [0.1, 0.15) is 13.2 Å². The van der Waals surface area contributed by atoms with E-state index in [2.05, 4.69) is 4.57 Å². The van der Waals surface area contributed by atoms with Gasteiger partial charge in [-0.3, -0.25) is 4.79 Å². The lowest BCUT2D eigenvalue weighted by molar-refractivity contribution is 0.0792. The number of benzene rings is 1. The molecule has 1 aromatic heterocycles. The minimum Gasteiger partial charge on any atom is -0.486 e. The molecule has 0 N–H and O–H groups in total. The number of aromatic nitrogens is 1. The molecule has 0 saturated carbocycles. The van der Waals surface area contributed by atoms with Crippen molar-refractivity contribution in [2.75, 3.05) is 26.3 Å². The molecule has 0 aliphatic carbocycles. The van der Waals surface area contributed by atoms with Crippen LogP contribution in [-0.2, 0) is 0 Å². The molecular formula is C19H22N2O3. The van der Waals surface area contributed by atoms with Gasteiger partial charge in [-0.15, -0.1) is 0 Å². The van der Waals surface area contributed by atoms with Crippen molar-refractivity contribution in [3.05, 3.63) is 41.2 Å². The molecule has 126 valence electrons. The summed E-state index contributed by atoms with van der Waals surface area (Å²) in [5.41, 5.74) is 3.81. The monoisotopic (exact) mass is 326 g/mol. The van der Waals surface area contributed by atoms with E-state index in [1.807, 2.05) is 43.0 Å². The molecule has 1 fully saturated rings. The lowest BCUT2D eigenvalue weighted by atomic mass is 10.2. The van der Waals surface area contributed by atoms with Gasteiger partial charge in [0.25, 0.3) is 5.91 Å². The SMILES string of the molecule is Cc1cc(C(=O)N2CCCC2)c(C)n1-c1ccc2c(c1)OCCO2. The Labute approximate surface area is 141 Å². The Morgan fingerprint density at radius 1 is 1.00 bits per heavy atom. The maximum absolute atomic E-state index is 12.8. The Bertz CT molecular complexity index is 788. The molecule has 0 spiro atoms. The average molecular weight is 326 g/mol. The van der Waals surface area contributed by atoms with Crippen molar-refractivity contribution in [2.45, 2.75) is 26.7 Å². The number of fused-ring (bicyclic) bond motifs is 1. The zero-order chi connectivity index (χ0) is 16.7. The largest absolute Gasteiger partial charge is 0.486 e. The molecule has 5 nitrogen and oxygen atoms in total. The van der Waals surface area contributed by atoms with Gasteiger partial charge in [0.05, 0.1) is 5.56 Å². The second-order valence-electron chi connectivity index (χ2n) is 6.45. The van der Waals surface area contributed by atoms with Gasteiger partial charge in [-0.25, -0.2) is 0 Å². The molecule has 1 saturated heterocycles. The number of hydrogen-bond acceptors (Lipinski definition) is 3. The van der Waals surface area contributed by atoms with E-state index in [1.165, 1.54) is 0 Å². The number of likely N-dealkylation sites (tertiary alicyclic amines) is 1. The lowest BCUT2D eigenvalue weighted by Gasteiger charge is -2.20. The summed E-state index contributed by atoms with van der Waals surface area (Å²) in [6.07, 6.45) is 2.21. The third-order valence-electron chi connectivity index (χ3n) is 4.84. The summed E-state index contributed by atoms with van der Waals surface area (Å²) in [6, 6.07) is 7.92. The summed E-state index contributed by atoms with van der Waals surface area (Å²) in [5, 5.41) is 0. The molecule has 0 unspecified atom stereocenters. The van der Waals surface area contributed by atoms with Crippen molar-refractivity contribution in [1.29, 1.82) is 0 Å². The Morgan fingerprint density at radius 3 is 2.46 bits per heavy atom. The summed E-state index contributed by atoms with van der Waals surface area (Å²) in [6.45, 7) is 6.93. The summed E-state index contributed by atoms with van der Waals surface area (Å²) >= 11 is 0. The van der Waals surface area contributed by atoms with E-state index in [0.717, 1.165) is 60.1 Å². The number of carbonyl (C=O) groups is 1. The molecule has 2 aromatic rings. The number of hydrogen-bond donors (Lipinski definition) is 0. The van der Waals surface area contributed by atoms with Crippen LogP contribution in [0.25, 0.3) is 5.69 Å². The van der Waals surface area contributed by atoms with Crippen molar-refractivity contribution in [3.8, 4) is 17.2 Å². The van der Waals surface area contributed by atoms with Crippen molar-refractivity contribution < 1.29 is 14.3 Å². The van der Waals surface area contributed by atoms with Crippen LogP contribution in [-0.4, -0.2) is 41.7 Å². The molecule has 4 rings (SSSR count). The first kappa shape index (κ1) is 15.1. The van der Waals surface area contributed by atoms with E-state index in [0.29, 0.717) is 13.2 Å². The van der Waals surface area contributed by atoms with Crippen LogP contribution in [0.1, 0.15) is 34.6 Å². The minimum atomic E-state index is 0.143. The molecule has 2 aliphatic heterocycles. The van der Waals surface area contributed by atoms with Gasteiger partial charge in [0.15, 0.2) is 11.5 Å². The molecule has 1 amide bonds. The van der Waals surface area contributed by atoms with Crippen molar-refractivity contribution in [2.24, 2.45) is 0 Å². The Kier molecular flexibility index (Phi) is 3.71. The summed E-state index contributed by atoms with van der Waals surface area (Å²) in [4.78, 5) is 14.7. The fourth-order valence-corrected chi connectivity index (χ4v) is 3.64. The molecule has 2 aliphatic rings. The molecule has 0 bridgehead atoms. The van der Waals surface area contributed by atoms with Gasteiger partial charge < -0.3 is 18.9 Å². The fourth-order valence-electron chi connectivity index (χ4n) is 3.64. The van der Waals surface area contributed by atoms with Crippen LogP contribution in [0.4, 0.5) is 0 Å². The second kappa shape index (κ2) is 5.89. The van der Waals surface area contributed by atoms with Gasteiger partial charge in [-0.2, -0.15) is 0 Å². The highest BCUT2D eigenvalue weighted by molar-refractivity contribution is 5.96. The average Bonchev–Trinajstić information content (AvgIpc) is 3.22. The van der Waals surface area contributed by atoms with E-state index in [-0.39, 0.29) is 5.91 Å². The predicted molar refractivity (Wildman–Crippen MR) is 91.4 cm³/mol. The number of amides is 1. The number of rotatable bonds is 2. The maximum Gasteiger partial charge on any atom is 0.255 e. The topological polar surface area (TPSA) is 43.7 Å². The number of nitrogens with zero attached hydrogens (tertiary/aromatic N) is 2. The van der Waals surface area contributed by atoms with Gasteiger partial charge in [0, 0.05) is 36.2 Å². The smallest absolute Gasteiger partial charge is 0.255 e. The third kappa shape index (κ3) is 2.44. The van der Waals surface area contributed by atoms with Crippen LogP contribution in [0.5, 0.6) is 11.5 Å². The molecule has 24 heavy (non-hydrogen) atoms. The van der Waals surface area contributed by atoms with E-state index in [9.17, 15) is 4.79 Å². The van der Waals surface area contributed by atoms with E-state index >= 15 is 0 Å². The van der Waals surface area contributed by atoms with Crippen molar-refractivity contribution in [3.63, 3.8) is 0 Å². The quantitative estimate of drug-likeness (QED) is 0.852. The molecule has 0 atom stereocenters. The third-order valence-corrected chi connectivity index (χ3v) is 4.84. The Balaban J connectivity index is 1.72. The van der Waals surface area contributed by atoms with E-state index < -0.39 is 0 Å². The van der Waals surface area contributed by atoms with Gasteiger partial charge >= 0.3 is 0 Å². The Hall–Kier alpha value is -2.43. The standard InChI is InChI=1S/C19H22N2O3/c1-13-11-16(19(22)20-7-3-4-8-20)14(2)21(13)15-5-6-17-18(12-15)24-10-9-23-17/h5-6,11-12H,3-4,7-10H2,1-2H3. The number of ether oxygens (including phenoxy) is 2. The Morgan fingerprint density at radius 2 is 1.71 bits per heavy atom. The number of carbonyl (C=O) groups excluding carboxylic acids is 1. The summed E-state index contributed by atoms with van der Waals surface area (Å²) in [7, 11) is 0. The second-order valence-corrected chi connectivity index (χ2v) is 6.45. The minimum absolute atomic E-state index is 0.143. The van der Waals surface area contributed by atoms with Crippen molar-refractivity contribution in [1.82, 2.24) is 9.47 Å². The van der Waals surface area contributed by atoms with Gasteiger partial charge in [0.2, 0.25) is 0 Å². The molecule has 1 aromatic carbocycles. The zero-order valence-corrected chi connectivity index (χ0v) is 14.2. The van der Waals surface area contributed by atoms with Crippen LogP contribution < -0.4 is 9.47 Å². The van der Waals surface area contributed by atoms with E-state index in [4.69, 9.17) is 9.47 Å². The fraction of sp³-hybridized carbons (Fsp3) is 0.421. The summed E-state index contributed by atoms with van der Waals surface area (Å²) < 4.78 is 13.4. The van der Waals surface area contributed by atoms with Crippen molar-refractivity contribution >= 4 is 5.91 Å². The van der Waals surface area contributed by atoms with Gasteiger partial charge in [-0.1, -0.05) is 0 Å². The first-order valence-electron chi connectivity index (χ1n) is 8.53. The summed E-state index contributed by atoms with van der Waals surface area (Å²) in [5.74, 6) is 1.68. The normalized spacial score (nSPS) is 16.5. The van der Waals surface area contributed by atoms with Crippen LogP contribution in [0.3, 0.4) is 0 Å². The number of aryl methyl sites for hydroxylation is 1. The van der Waals surface area contributed by atoms with Crippen LogP contribution in [0, 0.1) is 13.8 Å². The molecule has 3 heterocycles. The lowest BCUT2D eigenvalue weighted by Crippen LogP contribution is -2.27. The first-order chi connectivity index (χ1) is 11.6. The predicted octanol–water partition coefficient (Wildman–Crippen LogP) is 3.10. The van der Waals surface area contributed by atoms with Crippen LogP contribution >= 0.6 is 0 Å². The molecule has 0 radical (unpaired) electrons. The first-order valence-corrected chi connectivity index (χ1v) is 8.53. The van der Waals surface area contributed by atoms with Crippen LogP contribution in [0.2, 0.25) is 0 Å². The zero-order valence-electron chi connectivity index (χ0n) is 14.2. The highest BCUT2D eigenvalue weighted by Crippen LogP contribution is 2.33. The highest BCUT2D eigenvalue weighted by Gasteiger charge is 2.24. The van der Waals surface area contributed by atoms with Crippen LogP contribution in [0.15, 0.2) is 24.3 Å². The molecule has 5 heteroatoms. The maximum atomic E-state index is 12.8. The molecular weight excluding hydrogens is 304 g/mol. The van der Waals surface area contributed by atoms with E-state index in [1.54, 1.807) is 0 Å². The highest BCUT2D eigenvalue weighted by atomic mass is 16.6.